The molecule has 0 amide bonds. The Hall–Kier alpha value is -0.300. The van der Waals surface area contributed by atoms with Crippen LogP contribution < -0.4 is 0 Å². The summed E-state index contributed by atoms with van der Waals surface area (Å²) in [5.74, 6) is 0.665. The lowest BCUT2D eigenvalue weighted by Gasteiger charge is -2.11. The van der Waals surface area contributed by atoms with E-state index in [0.717, 1.165) is 5.33 Å². The summed E-state index contributed by atoms with van der Waals surface area (Å²) in [6.45, 7) is 6.62. The molecule has 1 atom stereocenters. The van der Waals surface area contributed by atoms with Crippen molar-refractivity contribution >= 4 is 15.9 Å². The standard InChI is InChI=1S/C12H17Br/c1-9-6-10(2)8-12(7-9)11(3)4-5-13/h6-8,11H,4-5H2,1-3H3. The maximum absolute atomic E-state index is 3.48. The van der Waals surface area contributed by atoms with Gasteiger partial charge in [0, 0.05) is 5.33 Å². The molecular weight excluding hydrogens is 224 g/mol. The number of hydrogen-bond acceptors (Lipinski definition) is 0. The Morgan fingerprint density at radius 2 is 1.69 bits per heavy atom. The minimum Gasteiger partial charge on any atom is -0.0928 e. The summed E-state index contributed by atoms with van der Waals surface area (Å²) in [6.07, 6.45) is 1.21. The molecule has 0 heterocycles. The van der Waals surface area contributed by atoms with Crippen LogP contribution in [-0.4, -0.2) is 5.33 Å². The van der Waals surface area contributed by atoms with Crippen molar-refractivity contribution in [2.24, 2.45) is 0 Å². The maximum atomic E-state index is 3.48. The summed E-state index contributed by atoms with van der Waals surface area (Å²) in [5, 5.41) is 1.08. The highest BCUT2D eigenvalue weighted by Gasteiger charge is 2.04. The highest BCUT2D eigenvalue weighted by Crippen LogP contribution is 2.22. The third kappa shape index (κ3) is 3.15. The van der Waals surface area contributed by atoms with E-state index >= 15 is 0 Å². The second-order valence-electron chi connectivity index (χ2n) is 3.80. The molecule has 0 nitrogen and oxygen atoms in total. The number of benzene rings is 1. The summed E-state index contributed by atoms with van der Waals surface area (Å²) in [7, 11) is 0. The van der Waals surface area contributed by atoms with Crippen LogP contribution in [0.3, 0.4) is 0 Å². The van der Waals surface area contributed by atoms with Gasteiger partial charge in [-0.3, -0.25) is 0 Å². The van der Waals surface area contributed by atoms with Crippen LogP contribution in [0.5, 0.6) is 0 Å². The fraction of sp³-hybridized carbons (Fsp3) is 0.500. The predicted octanol–water partition coefficient (Wildman–Crippen LogP) is 4.19. The SMILES string of the molecule is Cc1cc(C)cc(C(C)CCBr)c1. The topological polar surface area (TPSA) is 0 Å². The van der Waals surface area contributed by atoms with Crippen molar-refractivity contribution in [3.05, 3.63) is 34.9 Å². The van der Waals surface area contributed by atoms with E-state index in [0.29, 0.717) is 5.92 Å². The maximum Gasteiger partial charge on any atom is 0.00370 e. The van der Waals surface area contributed by atoms with Crippen molar-refractivity contribution in [3.63, 3.8) is 0 Å². The molecule has 0 aromatic heterocycles. The first-order valence-corrected chi connectivity index (χ1v) is 5.90. The molecule has 1 rings (SSSR count). The van der Waals surface area contributed by atoms with Crippen LogP contribution in [0.4, 0.5) is 0 Å². The summed E-state index contributed by atoms with van der Waals surface area (Å²) in [4.78, 5) is 0. The Labute approximate surface area is 89.5 Å². The molecule has 0 saturated carbocycles. The van der Waals surface area contributed by atoms with Crippen LogP contribution in [0.15, 0.2) is 18.2 Å². The zero-order chi connectivity index (χ0) is 9.84. The summed E-state index contributed by atoms with van der Waals surface area (Å²) < 4.78 is 0. The molecule has 13 heavy (non-hydrogen) atoms. The van der Waals surface area contributed by atoms with E-state index < -0.39 is 0 Å². The third-order valence-corrected chi connectivity index (χ3v) is 2.81. The summed E-state index contributed by atoms with van der Waals surface area (Å²) in [5.41, 5.74) is 4.21. The van der Waals surface area contributed by atoms with Crippen LogP contribution in [0.2, 0.25) is 0 Å². The Kier molecular flexibility index (Phi) is 3.98. The van der Waals surface area contributed by atoms with Gasteiger partial charge in [-0.1, -0.05) is 52.2 Å². The van der Waals surface area contributed by atoms with Gasteiger partial charge >= 0.3 is 0 Å². The Balaban J connectivity index is 2.87. The average molecular weight is 241 g/mol. The molecule has 0 spiro atoms. The predicted molar refractivity (Wildman–Crippen MR) is 62.7 cm³/mol. The van der Waals surface area contributed by atoms with E-state index in [1.165, 1.54) is 23.1 Å². The molecule has 1 heteroatoms. The molecule has 0 N–H and O–H groups in total. The zero-order valence-electron chi connectivity index (χ0n) is 8.60. The smallest absolute Gasteiger partial charge is 0.00370 e. The lowest BCUT2D eigenvalue weighted by atomic mass is 9.95. The normalized spacial score (nSPS) is 12.9. The van der Waals surface area contributed by atoms with Gasteiger partial charge in [0.2, 0.25) is 0 Å². The first-order chi connectivity index (χ1) is 6.13. The molecule has 0 radical (unpaired) electrons. The van der Waals surface area contributed by atoms with Crippen molar-refractivity contribution in [2.45, 2.75) is 33.1 Å². The zero-order valence-corrected chi connectivity index (χ0v) is 10.2. The number of rotatable bonds is 3. The third-order valence-electron chi connectivity index (χ3n) is 2.36. The van der Waals surface area contributed by atoms with Crippen LogP contribution in [0.1, 0.15) is 36.0 Å². The van der Waals surface area contributed by atoms with Gasteiger partial charge < -0.3 is 0 Å². The van der Waals surface area contributed by atoms with Crippen LogP contribution in [-0.2, 0) is 0 Å². The molecule has 0 aliphatic heterocycles. The van der Waals surface area contributed by atoms with Gasteiger partial charge in [0.05, 0.1) is 0 Å². The van der Waals surface area contributed by atoms with Gasteiger partial charge in [0.15, 0.2) is 0 Å². The average Bonchev–Trinajstić information content (AvgIpc) is 2.03. The molecule has 0 aliphatic rings. The molecule has 0 bridgehead atoms. The molecule has 0 aliphatic carbocycles. The van der Waals surface area contributed by atoms with Gasteiger partial charge in [-0.05, 0) is 31.7 Å². The van der Waals surface area contributed by atoms with Gasteiger partial charge in [0.1, 0.15) is 0 Å². The molecule has 0 fully saturated rings. The Morgan fingerprint density at radius 1 is 1.15 bits per heavy atom. The van der Waals surface area contributed by atoms with Gasteiger partial charge in [0.25, 0.3) is 0 Å². The van der Waals surface area contributed by atoms with Gasteiger partial charge in [-0.2, -0.15) is 0 Å². The van der Waals surface area contributed by atoms with Crippen molar-refractivity contribution in [3.8, 4) is 0 Å². The van der Waals surface area contributed by atoms with Crippen LogP contribution >= 0.6 is 15.9 Å². The van der Waals surface area contributed by atoms with Crippen molar-refractivity contribution in [1.29, 1.82) is 0 Å². The van der Waals surface area contributed by atoms with Crippen LogP contribution in [0.25, 0.3) is 0 Å². The van der Waals surface area contributed by atoms with E-state index in [9.17, 15) is 0 Å². The lowest BCUT2D eigenvalue weighted by molar-refractivity contribution is 0.742. The molecule has 72 valence electrons. The van der Waals surface area contributed by atoms with E-state index in [4.69, 9.17) is 0 Å². The Bertz CT molecular complexity index is 258. The number of aryl methyl sites for hydroxylation is 2. The van der Waals surface area contributed by atoms with Gasteiger partial charge in [-0.15, -0.1) is 0 Å². The van der Waals surface area contributed by atoms with Crippen molar-refractivity contribution in [2.75, 3.05) is 5.33 Å². The molecular formula is C12H17Br. The van der Waals surface area contributed by atoms with Crippen molar-refractivity contribution in [1.82, 2.24) is 0 Å². The number of hydrogen-bond donors (Lipinski definition) is 0. The fourth-order valence-electron chi connectivity index (χ4n) is 1.62. The largest absolute Gasteiger partial charge is 0.0928 e. The van der Waals surface area contributed by atoms with Gasteiger partial charge in [-0.25, -0.2) is 0 Å². The minimum atomic E-state index is 0.665. The van der Waals surface area contributed by atoms with E-state index in [1.807, 2.05) is 0 Å². The molecule has 1 unspecified atom stereocenters. The Morgan fingerprint density at radius 3 is 2.15 bits per heavy atom. The highest BCUT2D eigenvalue weighted by atomic mass is 79.9. The van der Waals surface area contributed by atoms with E-state index in [-0.39, 0.29) is 0 Å². The van der Waals surface area contributed by atoms with Crippen molar-refractivity contribution < 1.29 is 0 Å². The lowest BCUT2D eigenvalue weighted by Crippen LogP contribution is -1.95. The minimum absolute atomic E-state index is 0.665. The highest BCUT2D eigenvalue weighted by molar-refractivity contribution is 9.09. The molecule has 1 aromatic rings. The van der Waals surface area contributed by atoms with Crippen LogP contribution in [0, 0.1) is 13.8 Å². The first kappa shape index (κ1) is 10.8. The second kappa shape index (κ2) is 4.80. The first-order valence-electron chi connectivity index (χ1n) is 4.77. The second-order valence-corrected chi connectivity index (χ2v) is 4.59. The monoisotopic (exact) mass is 240 g/mol. The summed E-state index contributed by atoms with van der Waals surface area (Å²) in [6, 6.07) is 6.81. The van der Waals surface area contributed by atoms with E-state index in [2.05, 4.69) is 54.9 Å². The molecule has 0 saturated heterocycles. The summed E-state index contributed by atoms with van der Waals surface area (Å²) >= 11 is 3.48. The number of alkyl halides is 1. The number of halogens is 1. The quantitative estimate of drug-likeness (QED) is 0.696. The molecule has 1 aromatic carbocycles. The fourth-order valence-corrected chi connectivity index (χ4v) is 2.31. The van der Waals surface area contributed by atoms with E-state index in [1.54, 1.807) is 0 Å².